The zero-order chi connectivity index (χ0) is 11.3. The predicted molar refractivity (Wildman–Crippen MR) is 63.3 cm³/mol. The molecule has 15 heavy (non-hydrogen) atoms. The standard InChI is InChI=1S/C13H21NO/c1-5-11(6-2)15-13-9-7-8-12(14-13)10(3)4/h7-11H,5-6H2,1-4H3. The van der Waals surface area contributed by atoms with E-state index in [0.717, 1.165) is 24.4 Å². The van der Waals surface area contributed by atoms with Gasteiger partial charge in [-0.25, -0.2) is 4.98 Å². The zero-order valence-electron chi connectivity index (χ0n) is 10.2. The largest absolute Gasteiger partial charge is 0.474 e. The minimum absolute atomic E-state index is 0.292. The normalized spacial score (nSPS) is 11.1. The molecule has 1 aromatic heterocycles. The van der Waals surface area contributed by atoms with E-state index in [1.165, 1.54) is 0 Å². The Bertz CT molecular complexity index is 292. The van der Waals surface area contributed by atoms with Crippen LogP contribution in [0.25, 0.3) is 0 Å². The highest BCUT2D eigenvalue weighted by Gasteiger charge is 2.07. The van der Waals surface area contributed by atoms with Crippen LogP contribution in [0.15, 0.2) is 18.2 Å². The molecule has 0 aliphatic heterocycles. The minimum atomic E-state index is 0.292. The maximum atomic E-state index is 5.79. The first-order valence-corrected chi connectivity index (χ1v) is 5.81. The topological polar surface area (TPSA) is 22.1 Å². The van der Waals surface area contributed by atoms with Gasteiger partial charge in [-0.05, 0) is 24.8 Å². The lowest BCUT2D eigenvalue weighted by atomic mass is 10.1. The average Bonchev–Trinajstić information content (AvgIpc) is 2.26. The van der Waals surface area contributed by atoms with Crippen molar-refractivity contribution < 1.29 is 4.74 Å². The first-order chi connectivity index (χ1) is 7.17. The molecule has 84 valence electrons. The summed E-state index contributed by atoms with van der Waals surface area (Å²) in [7, 11) is 0. The summed E-state index contributed by atoms with van der Waals surface area (Å²) in [5.74, 6) is 1.21. The van der Waals surface area contributed by atoms with Gasteiger partial charge in [0.25, 0.3) is 0 Å². The van der Waals surface area contributed by atoms with E-state index >= 15 is 0 Å². The van der Waals surface area contributed by atoms with Gasteiger partial charge in [0, 0.05) is 11.8 Å². The third-order valence-corrected chi connectivity index (χ3v) is 2.53. The summed E-state index contributed by atoms with van der Waals surface area (Å²) in [6.45, 7) is 8.56. The second-order valence-corrected chi connectivity index (χ2v) is 4.11. The molecule has 0 radical (unpaired) electrons. The molecule has 0 N–H and O–H groups in total. The van der Waals surface area contributed by atoms with Gasteiger partial charge in [-0.1, -0.05) is 33.8 Å². The molecule has 0 aliphatic rings. The van der Waals surface area contributed by atoms with Crippen LogP contribution >= 0.6 is 0 Å². The van der Waals surface area contributed by atoms with Gasteiger partial charge in [0.1, 0.15) is 0 Å². The minimum Gasteiger partial charge on any atom is -0.474 e. The van der Waals surface area contributed by atoms with Crippen LogP contribution in [0.2, 0.25) is 0 Å². The van der Waals surface area contributed by atoms with Crippen molar-refractivity contribution in [2.24, 2.45) is 0 Å². The van der Waals surface area contributed by atoms with Gasteiger partial charge in [0.2, 0.25) is 5.88 Å². The lowest BCUT2D eigenvalue weighted by Gasteiger charge is -2.15. The lowest BCUT2D eigenvalue weighted by Crippen LogP contribution is -2.14. The second kappa shape index (κ2) is 5.74. The summed E-state index contributed by atoms with van der Waals surface area (Å²) >= 11 is 0. The van der Waals surface area contributed by atoms with Crippen molar-refractivity contribution in [3.8, 4) is 5.88 Å². The van der Waals surface area contributed by atoms with Crippen molar-refractivity contribution in [3.05, 3.63) is 23.9 Å². The monoisotopic (exact) mass is 207 g/mol. The Hall–Kier alpha value is -1.05. The van der Waals surface area contributed by atoms with Crippen molar-refractivity contribution in [2.75, 3.05) is 0 Å². The second-order valence-electron chi connectivity index (χ2n) is 4.11. The summed E-state index contributed by atoms with van der Waals surface area (Å²) in [5, 5.41) is 0. The molecule has 0 aliphatic carbocycles. The van der Waals surface area contributed by atoms with E-state index in [1.807, 2.05) is 18.2 Å². The number of pyridine rings is 1. The fourth-order valence-corrected chi connectivity index (χ4v) is 1.44. The smallest absolute Gasteiger partial charge is 0.213 e. The van der Waals surface area contributed by atoms with Crippen molar-refractivity contribution in [1.82, 2.24) is 4.98 Å². The Labute approximate surface area is 92.7 Å². The first kappa shape index (κ1) is 12.0. The van der Waals surface area contributed by atoms with Crippen LogP contribution in [0.4, 0.5) is 0 Å². The Morgan fingerprint density at radius 2 is 1.87 bits per heavy atom. The van der Waals surface area contributed by atoms with Crippen molar-refractivity contribution in [1.29, 1.82) is 0 Å². The van der Waals surface area contributed by atoms with Crippen molar-refractivity contribution in [3.63, 3.8) is 0 Å². The number of rotatable bonds is 5. The van der Waals surface area contributed by atoms with E-state index in [0.29, 0.717) is 12.0 Å². The van der Waals surface area contributed by atoms with Gasteiger partial charge in [-0.3, -0.25) is 0 Å². The van der Waals surface area contributed by atoms with Crippen LogP contribution in [-0.4, -0.2) is 11.1 Å². The molecule has 0 unspecified atom stereocenters. The molecule has 0 atom stereocenters. The van der Waals surface area contributed by atoms with Crippen LogP contribution < -0.4 is 4.74 Å². The highest BCUT2D eigenvalue weighted by molar-refractivity contribution is 5.18. The van der Waals surface area contributed by atoms with E-state index in [2.05, 4.69) is 32.7 Å². The highest BCUT2D eigenvalue weighted by Crippen LogP contribution is 2.17. The zero-order valence-corrected chi connectivity index (χ0v) is 10.2. The molecular weight excluding hydrogens is 186 g/mol. The van der Waals surface area contributed by atoms with E-state index in [4.69, 9.17) is 4.74 Å². The van der Waals surface area contributed by atoms with E-state index in [1.54, 1.807) is 0 Å². The molecule has 0 spiro atoms. The number of nitrogens with zero attached hydrogens (tertiary/aromatic N) is 1. The number of aromatic nitrogens is 1. The molecule has 1 heterocycles. The molecule has 2 heteroatoms. The van der Waals surface area contributed by atoms with Crippen LogP contribution in [0.3, 0.4) is 0 Å². The third kappa shape index (κ3) is 3.54. The molecule has 0 bridgehead atoms. The van der Waals surface area contributed by atoms with Gasteiger partial charge in [-0.15, -0.1) is 0 Å². The molecule has 0 amide bonds. The van der Waals surface area contributed by atoms with E-state index in [9.17, 15) is 0 Å². The van der Waals surface area contributed by atoms with E-state index < -0.39 is 0 Å². The van der Waals surface area contributed by atoms with Gasteiger partial charge in [-0.2, -0.15) is 0 Å². The predicted octanol–water partition coefficient (Wildman–Crippen LogP) is 3.77. The average molecular weight is 207 g/mol. The summed E-state index contributed by atoms with van der Waals surface area (Å²) < 4.78 is 5.79. The number of hydrogen-bond donors (Lipinski definition) is 0. The van der Waals surface area contributed by atoms with Gasteiger partial charge in [0.05, 0.1) is 6.10 Å². The fourth-order valence-electron chi connectivity index (χ4n) is 1.44. The summed E-state index contributed by atoms with van der Waals surface area (Å²) in [5.41, 5.74) is 1.10. The molecule has 0 saturated heterocycles. The lowest BCUT2D eigenvalue weighted by molar-refractivity contribution is 0.184. The van der Waals surface area contributed by atoms with Crippen LogP contribution in [0, 0.1) is 0 Å². The maximum Gasteiger partial charge on any atom is 0.213 e. The Morgan fingerprint density at radius 3 is 2.40 bits per heavy atom. The Balaban J connectivity index is 2.72. The molecular formula is C13H21NO. The molecule has 1 aromatic rings. The van der Waals surface area contributed by atoms with Gasteiger partial charge < -0.3 is 4.74 Å². The third-order valence-electron chi connectivity index (χ3n) is 2.53. The van der Waals surface area contributed by atoms with Crippen molar-refractivity contribution in [2.45, 2.75) is 52.6 Å². The molecule has 0 saturated carbocycles. The molecule has 2 nitrogen and oxygen atoms in total. The summed E-state index contributed by atoms with van der Waals surface area (Å²) in [4.78, 5) is 4.49. The SMILES string of the molecule is CCC(CC)Oc1cccc(C(C)C)n1. The summed E-state index contributed by atoms with van der Waals surface area (Å²) in [6.07, 6.45) is 2.36. The fraction of sp³-hybridized carbons (Fsp3) is 0.615. The molecule has 0 fully saturated rings. The van der Waals surface area contributed by atoms with Gasteiger partial charge in [0.15, 0.2) is 0 Å². The Kier molecular flexibility index (Phi) is 4.60. The quantitative estimate of drug-likeness (QED) is 0.733. The number of ether oxygens (including phenoxy) is 1. The van der Waals surface area contributed by atoms with Crippen LogP contribution in [0.1, 0.15) is 52.1 Å². The van der Waals surface area contributed by atoms with Gasteiger partial charge >= 0.3 is 0 Å². The molecule has 1 rings (SSSR count). The van der Waals surface area contributed by atoms with E-state index in [-0.39, 0.29) is 0 Å². The van der Waals surface area contributed by atoms with Crippen molar-refractivity contribution >= 4 is 0 Å². The first-order valence-electron chi connectivity index (χ1n) is 5.81. The Morgan fingerprint density at radius 1 is 1.20 bits per heavy atom. The maximum absolute atomic E-state index is 5.79. The summed E-state index contributed by atoms with van der Waals surface area (Å²) in [6, 6.07) is 5.99. The highest BCUT2D eigenvalue weighted by atomic mass is 16.5. The van der Waals surface area contributed by atoms with Crippen LogP contribution in [-0.2, 0) is 0 Å². The van der Waals surface area contributed by atoms with Crippen LogP contribution in [0.5, 0.6) is 5.88 Å². The number of hydrogen-bond acceptors (Lipinski definition) is 2. The molecule has 0 aromatic carbocycles.